The molecule has 8 nitrogen and oxygen atoms in total. The van der Waals surface area contributed by atoms with Crippen molar-refractivity contribution in [3.63, 3.8) is 0 Å². The summed E-state index contributed by atoms with van der Waals surface area (Å²) in [6, 6.07) is 5.80. The molecule has 0 aliphatic heterocycles. The van der Waals surface area contributed by atoms with Crippen LogP contribution in [0.1, 0.15) is 6.42 Å². The fourth-order valence-corrected chi connectivity index (χ4v) is 2.94. The lowest BCUT2D eigenvalue weighted by molar-refractivity contribution is -0.136. The number of hydrogen-bond acceptors (Lipinski definition) is 5. The Balaban J connectivity index is 2.95. The number of carbonyl (C=O) groups is 1. The van der Waals surface area contributed by atoms with Crippen molar-refractivity contribution in [1.29, 1.82) is 0 Å². The number of sulfonamides is 2. The molecule has 10 heteroatoms. The molecule has 0 spiro atoms. The van der Waals surface area contributed by atoms with Gasteiger partial charge in [-0.3, -0.25) is 14.2 Å². The third-order valence-corrected chi connectivity index (χ3v) is 3.94. The topological polar surface area (TPSA) is 130 Å². The molecule has 20 heavy (non-hydrogen) atoms. The zero-order chi connectivity index (χ0) is 15.4. The van der Waals surface area contributed by atoms with Gasteiger partial charge in [0.2, 0.25) is 20.0 Å². The van der Waals surface area contributed by atoms with E-state index >= 15 is 0 Å². The smallest absolute Gasteiger partial charge is 0.304 e. The minimum Gasteiger partial charge on any atom is -0.481 e. The third kappa shape index (κ3) is 5.89. The fourth-order valence-electron chi connectivity index (χ4n) is 1.30. The Hall–Kier alpha value is -1.81. The van der Waals surface area contributed by atoms with Crippen LogP contribution >= 0.6 is 0 Å². The van der Waals surface area contributed by atoms with E-state index in [1.165, 1.54) is 24.3 Å². The van der Waals surface area contributed by atoms with E-state index < -0.39 is 38.2 Å². The highest BCUT2D eigenvalue weighted by atomic mass is 32.2. The molecule has 112 valence electrons. The Morgan fingerprint density at radius 3 is 2.05 bits per heavy atom. The first kappa shape index (κ1) is 16.2. The Kier molecular flexibility index (Phi) is 4.95. The van der Waals surface area contributed by atoms with Crippen LogP contribution in [0.4, 0.5) is 11.4 Å². The molecule has 3 N–H and O–H groups in total. The summed E-state index contributed by atoms with van der Waals surface area (Å²) in [5.41, 5.74) is 0.0946. The Bertz CT molecular complexity index is 696. The van der Waals surface area contributed by atoms with Gasteiger partial charge in [-0.1, -0.05) is 12.1 Å². The number of carboxylic acids is 1. The van der Waals surface area contributed by atoms with Gasteiger partial charge in [0.1, 0.15) is 0 Å². The third-order valence-electron chi connectivity index (χ3n) is 2.07. The second-order valence-electron chi connectivity index (χ2n) is 3.98. The highest BCUT2D eigenvalue weighted by Crippen LogP contribution is 2.23. The Morgan fingerprint density at radius 1 is 1.10 bits per heavy atom. The number of aliphatic carboxylic acids is 1. The summed E-state index contributed by atoms with van der Waals surface area (Å²) in [6.45, 7) is 0. The van der Waals surface area contributed by atoms with Crippen molar-refractivity contribution in [1.82, 2.24) is 0 Å². The number of carboxylic acid groups (broad SMARTS) is 1. The van der Waals surface area contributed by atoms with Gasteiger partial charge in [-0.15, -0.1) is 0 Å². The van der Waals surface area contributed by atoms with Crippen LogP contribution in [0, 0.1) is 0 Å². The number of rotatable bonds is 7. The molecule has 0 radical (unpaired) electrons. The molecule has 1 rings (SSSR count). The summed E-state index contributed by atoms with van der Waals surface area (Å²) in [7, 11) is -7.43. The van der Waals surface area contributed by atoms with Crippen LogP contribution in [0.2, 0.25) is 0 Å². The van der Waals surface area contributed by atoms with Crippen LogP contribution in [0.5, 0.6) is 0 Å². The van der Waals surface area contributed by atoms with E-state index in [1.54, 1.807) is 0 Å². The highest BCUT2D eigenvalue weighted by molar-refractivity contribution is 7.93. The van der Waals surface area contributed by atoms with Crippen LogP contribution < -0.4 is 9.44 Å². The van der Waals surface area contributed by atoms with E-state index in [9.17, 15) is 21.6 Å². The van der Waals surface area contributed by atoms with Gasteiger partial charge in [0, 0.05) is 0 Å². The van der Waals surface area contributed by atoms with Gasteiger partial charge in [0.05, 0.1) is 29.8 Å². The number of nitrogens with one attached hydrogen (secondary N) is 2. The molecule has 0 fully saturated rings. The van der Waals surface area contributed by atoms with E-state index in [1.807, 2.05) is 0 Å². The summed E-state index contributed by atoms with van der Waals surface area (Å²) in [5.74, 6) is -1.84. The van der Waals surface area contributed by atoms with Gasteiger partial charge in [0.15, 0.2) is 0 Å². The molecule has 0 bridgehead atoms. The zero-order valence-electron chi connectivity index (χ0n) is 10.5. The maximum atomic E-state index is 11.7. The molecule has 0 saturated carbocycles. The van der Waals surface area contributed by atoms with Crippen molar-refractivity contribution in [2.24, 2.45) is 0 Å². The number of benzene rings is 1. The summed E-state index contributed by atoms with van der Waals surface area (Å²) >= 11 is 0. The van der Waals surface area contributed by atoms with E-state index in [2.05, 4.69) is 9.44 Å². The number of para-hydroxylation sites is 2. The molecular weight excluding hydrogens is 308 g/mol. The zero-order valence-corrected chi connectivity index (χ0v) is 12.2. The maximum Gasteiger partial charge on any atom is 0.304 e. The monoisotopic (exact) mass is 322 g/mol. The Labute approximate surface area is 116 Å². The van der Waals surface area contributed by atoms with Crippen LogP contribution in [0.25, 0.3) is 0 Å². The molecule has 0 heterocycles. The van der Waals surface area contributed by atoms with Crippen molar-refractivity contribution in [2.45, 2.75) is 6.42 Å². The molecule has 0 saturated heterocycles. The summed E-state index contributed by atoms with van der Waals surface area (Å²) in [5, 5.41) is 8.47. The van der Waals surface area contributed by atoms with Crippen LogP contribution in [-0.2, 0) is 24.8 Å². The minimum absolute atomic E-state index is 0.0308. The van der Waals surface area contributed by atoms with Gasteiger partial charge in [0.25, 0.3) is 0 Å². The lowest BCUT2D eigenvalue weighted by Gasteiger charge is -2.12. The van der Waals surface area contributed by atoms with Crippen LogP contribution in [0.3, 0.4) is 0 Å². The average Bonchev–Trinajstić information content (AvgIpc) is 2.27. The molecule has 0 aromatic heterocycles. The van der Waals surface area contributed by atoms with Gasteiger partial charge in [-0.05, 0) is 12.1 Å². The lowest BCUT2D eigenvalue weighted by atomic mass is 10.3. The minimum atomic E-state index is -3.87. The van der Waals surface area contributed by atoms with E-state index in [0.717, 1.165) is 6.26 Å². The van der Waals surface area contributed by atoms with Crippen LogP contribution in [0.15, 0.2) is 24.3 Å². The van der Waals surface area contributed by atoms with E-state index in [4.69, 9.17) is 5.11 Å². The fraction of sp³-hybridized carbons (Fsp3) is 0.300. The quantitative estimate of drug-likeness (QED) is 0.661. The molecule has 0 aliphatic carbocycles. The first-order chi connectivity index (χ1) is 9.09. The summed E-state index contributed by atoms with van der Waals surface area (Å²) in [6.07, 6.45) is 0.389. The molecular formula is C10H14N2O6S2. The van der Waals surface area contributed by atoms with E-state index in [0.29, 0.717) is 0 Å². The average molecular weight is 322 g/mol. The largest absolute Gasteiger partial charge is 0.481 e. The predicted octanol–water partition coefficient (Wildman–Crippen LogP) is 0.274. The molecule has 1 aromatic carbocycles. The maximum absolute atomic E-state index is 11.7. The lowest BCUT2D eigenvalue weighted by Crippen LogP contribution is -2.20. The first-order valence-electron chi connectivity index (χ1n) is 5.38. The van der Waals surface area contributed by atoms with Gasteiger partial charge < -0.3 is 5.11 Å². The van der Waals surface area contributed by atoms with Crippen molar-refractivity contribution < 1.29 is 26.7 Å². The molecule has 0 amide bonds. The van der Waals surface area contributed by atoms with Gasteiger partial charge in [-0.25, -0.2) is 16.8 Å². The molecule has 0 atom stereocenters. The summed E-state index contributed by atoms with van der Waals surface area (Å²) < 4.78 is 50.0. The molecule has 0 unspecified atom stereocenters. The van der Waals surface area contributed by atoms with Gasteiger partial charge in [-0.2, -0.15) is 0 Å². The second-order valence-corrected chi connectivity index (χ2v) is 7.57. The first-order valence-corrected chi connectivity index (χ1v) is 8.92. The molecule has 1 aromatic rings. The Morgan fingerprint density at radius 2 is 1.60 bits per heavy atom. The normalized spacial score (nSPS) is 11.8. The standard InChI is InChI=1S/C10H14N2O6S2/c1-19(15,16)11-8-4-2-3-5-9(8)12-20(17,18)7-6-10(13)14/h2-5,11-12H,6-7H2,1H3,(H,13,14). The number of anilines is 2. The van der Waals surface area contributed by atoms with Crippen LogP contribution in [-0.4, -0.2) is 39.9 Å². The van der Waals surface area contributed by atoms with Crippen molar-refractivity contribution >= 4 is 37.4 Å². The van der Waals surface area contributed by atoms with Gasteiger partial charge >= 0.3 is 5.97 Å². The SMILES string of the molecule is CS(=O)(=O)Nc1ccccc1NS(=O)(=O)CCC(=O)O. The van der Waals surface area contributed by atoms with Crippen molar-refractivity contribution in [3.8, 4) is 0 Å². The highest BCUT2D eigenvalue weighted by Gasteiger charge is 2.15. The number of hydrogen-bond donors (Lipinski definition) is 3. The van der Waals surface area contributed by atoms with E-state index in [-0.39, 0.29) is 11.4 Å². The summed E-state index contributed by atoms with van der Waals surface area (Å²) in [4.78, 5) is 10.4. The van der Waals surface area contributed by atoms with Crippen molar-refractivity contribution in [2.75, 3.05) is 21.5 Å². The van der Waals surface area contributed by atoms with Crippen molar-refractivity contribution in [3.05, 3.63) is 24.3 Å². The molecule has 0 aliphatic rings. The predicted molar refractivity (Wildman–Crippen MR) is 74.6 cm³/mol. The second kappa shape index (κ2) is 6.09.